The molecule has 2 rings (SSSR count). The van der Waals surface area contributed by atoms with Crippen LogP contribution in [0.15, 0.2) is 30.3 Å². The lowest BCUT2D eigenvalue weighted by molar-refractivity contribution is -0.137. The third kappa shape index (κ3) is 2.16. The summed E-state index contributed by atoms with van der Waals surface area (Å²) < 4.78 is 0. The van der Waals surface area contributed by atoms with Crippen LogP contribution in [0.25, 0.3) is 0 Å². The lowest BCUT2D eigenvalue weighted by Crippen LogP contribution is -2.47. The van der Waals surface area contributed by atoms with Gasteiger partial charge in [0, 0.05) is 12.1 Å². The Bertz CT molecular complexity index is 410. The highest BCUT2D eigenvalue weighted by molar-refractivity contribution is 5.91. The summed E-state index contributed by atoms with van der Waals surface area (Å²) in [5, 5.41) is 0. The van der Waals surface area contributed by atoms with E-state index in [2.05, 4.69) is 39.8 Å². The largest absolute Gasteiger partial charge is 0.337 e. The minimum absolute atomic E-state index is 0.226. The van der Waals surface area contributed by atoms with Crippen LogP contribution in [-0.2, 0) is 10.2 Å². The molecule has 98 valence electrons. The van der Waals surface area contributed by atoms with Gasteiger partial charge in [0.2, 0.25) is 5.91 Å². The van der Waals surface area contributed by atoms with Gasteiger partial charge in [0.15, 0.2) is 0 Å². The van der Waals surface area contributed by atoms with Crippen molar-refractivity contribution in [2.45, 2.75) is 58.0 Å². The van der Waals surface area contributed by atoms with E-state index in [1.807, 2.05) is 23.1 Å². The Labute approximate surface area is 110 Å². The maximum absolute atomic E-state index is 12.8. The minimum Gasteiger partial charge on any atom is -0.337 e. The van der Waals surface area contributed by atoms with Gasteiger partial charge < -0.3 is 4.90 Å². The van der Waals surface area contributed by atoms with Crippen LogP contribution in [-0.4, -0.2) is 22.9 Å². The van der Waals surface area contributed by atoms with Gasteiger partial charge in [0.25, 0.3) is 0 Å². The molecule has 1 aliphatic rings. The zero-order valence-corrected chi connectivity index (χ0v) is 11.8. The molecule has 0 bridgehead atoms. The van der Waals surface area contributed by atoms with E-state index in [9.17, 15) is 4.79 Å². The quantitative estimate of drug-likeness (QED) is 0.796. The van der Waals surface area contributed by atoms with Crippen molar-refractivity contribution in [3.05, 3.63) is 35.9 Å². The number of hydrogen-bond acceptors (Lipinski definition) is 1. The maximum atomic E-state index is 12.8. The number of rotatable bonds is 4. The average molecular weight is 245 g/mol. The van der Waals surface area contributed by atoms with Gasteiger partial charge in [-0.2, -0.15) is 0 Å². The van der Waals surface area contributed by atoms with Gasteiger partial charge in [0.05, 0.1) is 5.41 Å². The molecule has 0 atom stereocenters. The molecule has 0 unspecified atom stereocenters. The Balaban J connectivity index is 2.28. The second-order valence-electron chi connectivity index (χ2n) is 5.85. The maximum Gasteiger partial charge on any atom is 0.233 e. The predicted octanol–water partition coefficient (Wildman–Crippen LogP) is 3.36. The highest BCUT2D eigenvalue weighted by atomic mass is 16.2. The topological polar surface area (TPSA) is 20.3 Å². The van der Waals surface area contributed by atoms with Crippen LogP contribution in [0.4, 0.5) is 0 Å². The second kappa shape index (κ2) is 4.75. The molecule has 1 aliphatic carbocycles. The Hall–Kier alpha value is -1.31. The fourth-order valence-electron chi connectivity index (χ4n) is 2.82. The summed E-state index contributed by atoms with van der Waals surface area (Å²) in [6, 6.07) is 10.8. The first-order valence-corrected chi connectivity index (χ1v) is 6.87. The average Bonchev–Trinajstić information content (AvgIpc) is 3.10. The third-order valence-corrected chi connectivity index (χ3v) is 3.83. The summed E-state index contributed by atoms with van der Waals surface area (Å²) in [6.45, 7) is 8.38. The van der Waals surface area contributed by atoms with Gasteiger partial charge in [-0.15, -0.1) is 0 Å². The van der Waals surface area contributed by atoms with Crippen molar-refractivity contribution < 1.29 is 4.79 Å². The van der Waals surface area contributed by atoms with Crippen LogP contribution in [0.1, 0.15) is 46.1 Å². The van der Waals surface area contributed by atoms with E-state index < -0.39 is 0 Å². The van der Waals surface area contributed by atoms with Crippen molar-refractivity contribution >= 4 is 5.91 Å². The van der Waals surface area contributed by atoms with Crippen molar-refractivity contribution in [2.75, 3.05) is 0 Å². The van der Waals surface area contributed by atoms with E-state index in [0.29, 0.717) is 5.91 Å². The molecule has 0 saturated heterocycles. The van der Waals surface area contributed by atoms with Crippen LogP contribution in [0, 0.1) is 0 Å². The first-order valence-electron chi connectivity index (χ1n) is 6.87. The molecule has 1 aromatic rings. The Morgan fingerprint density at radius 2 is 1.56 bits per heavy atom. The molecule has 1 aromatic carbocycles. The highest BCUT2D eigenvalue weighted by Gasteiger charge is 2.53. The molecule has 0 heterocycles. The molecular weight excluding hydrogens is 222 g/mol. The second-order valence-corrected chi connectivity index (χ2v) is 5.85. The van der Waals surface area contributed by atoms with Crippen molar-refractivity contribution in [2.24, 2.45) is 0 Å². The van der Waals surface area contributed by atoms with Gasteiger partial charge in [-0.3, -0.25) is 4.79 Å². The molecular formula is C16H23NO. The van der Waals surface area contributed by atoms with Crippen molar-refractivity contribution in [1.82, 2.24) is 4.90 Å². The SMILES string of the molecule is CC(C)N(C(=O)C1(c2ccccc2)CC1)C(C)C. The van der Waals surface area contributed by atoms with Crippen LogP contribution in [0.2, 0.25) is 0 Å². The van der Waals surface area contributed by atoms with Crippen molar-refractivity contribution in [3.8, 4) is 0 Å². The van der Waals surface area contributed by atoms with Crippen molar-refractivity contribution in [3.63, 3.8) is 0 Å². The van der Waals surface area contributed by atoms with Crippen LogP contribution < -0.4 is 0 Å². The number of carbonyl (C=O) groups is 1. The normalized spacial score (nSPS) is 17.0. The first kappa shape index (κ1) is 13.1. The summed E-state index contributed by atoms with van der Waals surface area (Å²) in [5.74, 6) is 0.304. The van der Waals surface area contributed by atoms with E-state index in [-0.39, 0.29) is 17.5 Å². The summed E-state index contributed by atoms with van der Waals surface area (Å²) in [4.78, 5) is 14.9. The van der Waals surface area contributed by atoms with Gasteiger partial charge in [-0.1, -0.05) is 30.3 Å². The Morgan fingerprint density at radius 3 is 1.94 bits per heavy atom. The summed E-state index contributed by atoms with van der Waals surface area (Å²) in [6.07, 6.45) is 1.98. The minimum atomic E-state index is -0.226. The zero-order chi connectivity index (χ0) is 13.3. The van der Waals surface area contributed by atoms with E-state index in [4.69, 9.17) is 0 Å². The third-order valence-electron chi connectivity index (χ3n) is 3.83. The lowest BCUT2D eigenvalue weighted by atomic mass is 9.93. The van der Waals surface area contributed by atoms with Crippen LogP contribution >= 0.6 is 0 Å². The van der Waals surface area contributed by atoms with E-state index >= 15 is 0 Å². The molecule has 1 fully saturated rings. The molecule has 2 nitrogen and oxygen atoms in total. The predicted molar refractivity (Wildman–Crippen MR) is 74.5 cm³/mol. The van der Waals surface area contributed by atoms with Gasteiger partial charge >= 0.3 is 0 Å². The Kier molecular flexibility index (Phi) is 3.47. The lowest BCUT2D eigenvalue weighted by Gasteiger charge is -2.34. The number of carbonyl (C=O) groups excluding carboxylic acids is 1. The van der Waals surface area contributed by atoms with Gasteiger partial charge in [-0.25, -0.2) is 0 Å². The molecule has 0 N–H and O–H groups in total. The van der Waals surface area contributed by atoms with Crippen LogP contribution in [0.3, 0.4) is 0 Å². The number of hydrogen-bond donors (Lipinski definition) is 0. The van der Waals surface area contributed by atoms with Crippen LogP contribution in [0.5, 0.6) is 0 Å². The van der Waals surface area contributed by atoms with Gasteiger partial charge in [-0.05, 0) is 46.1 Å². The number of amides is 1. The highest BCUT2D eigenvalue weighted by Crippen LogP contribution is 2.50. The monoisotopic (exact) mass is 245 g/mol. The number of nitrogens with zero attached hydrogens (tertiary/aromatic N) is 1. The van der Waals surface area contributed by atoms with Crippen molar-refractivity contribution in [1.29, 1.82) is 0 Å². The standard InChI is InChI=1S/C16H23NO/c1-12(2)17(13(3)4)15(18)16(10-11-16)14-8-6-5-7-9-14/h5-9,12-13H,10-11H2,1-4H3. The summed E-state index contributed by atoms with van der Waals surface area (Å²) in [7, 11) is 0. The molecule has 0 spiro atoms. The molecule has 1 saturated carbocycles. The van der Waals surface area contributed by atoms with E-state index in [1.165, 1.54) is 5.56 Å². The molecule has 18 heavy (non-hydrogen) atoms. The fraction of sp³-hybridized carbons (Fsp3) is 0.562. The van der Waals surface area contributed by atoms with E-state index in [0.717, 1.165) is 12.8 Å². The molecule has 2 heteroatoms. The first-order chi connectivity index (χ1) is 8.49. The summed E-state index contributed by atoms with van der Waals surface area (Å²) in [5.41, 5.74) is 0.955. The fourth-order valence-corrected chi connectivity index (χ4v) is 2.82. The molecule has 0 radical (unpaired) electrons. The molecule has 0 aromatic heterocycles. The summed E-state index contributed by atoms with van der Waals surface area (Å²) >= 11 is 0. The number of benzene rings is 1. The van der Waals surface area contributed by atoms with E-state index in [1.54, 1.807) is 0 Å². The molecule has 0 aliphatic heterocycles. The smallest absolute Gasteiger partial charge is 0.233 e. The van der Waals surface area contributed by atoms with Gasteiger partial charge in [0.1, 0.15) is 0 Å². The zero-order valence-electron chi connectivity index (χ0n) is 11.8. The molecule has 1 amide bonds. The Morgan fingerprint density at radius 1 is 1.06 bits per heavy atom.